The topological polar surface area (TPSA) is 71.4 Å². The van der Waals surface area contributed by atoms with Gasteiger partial charge >= 0.3 is 0 Å². The van der Waals surface area contributed by atoms with Gasteiger partial charge in [0.25, 0.3) is 0 Å². The van der Waals surface area contributed by atoms with Crippen LogP contribution in [0.1, 0.15) is 6.42 Å². The SMILES string of the molecule is N#CCC(=O)Nc1ccc2c(c1)OCO2. The first-order valence-electron chi connectivity index (χ1n) is 4.36. The number of amides is 1. The molecule has 1 N–H and O–H groups in total. The summed E-state index contributed by atoms with van der Waals surface area (Å²) in [7, 11) is 0. The van der Waals surface area contributed by atoms with Gasteiger partial charge in [-0.2, -0.15) is 5.26 Å². The van der Waals surface area contributed by atoms with E-state index in [0.717, 1.165) is 0 Å². The van der Waals surface area contributed by atoms with E-state index in [9.17, 15) is 4.79 Å². The Labute approximate surface area is 86.2 Å². The first kappa shape index (κ1) is 9.34. The van der Waals surface area contributed by atoms with Crippen LogP contribution < -0.4 is 14.8 Å². The predicted octanol–water partition coefficient (Wildman–Crippen LogP) is 1.27. The molecule has 1 aliphatic rings. The summed E-state index contributed by atoms with van der Waals surface area (Å²) in [5.41, 5.74) is 0.597. The zero-order valence-corrected chi connectivity index (χ0v) is 7.82. The van der Waals surface area contributed by atoms with E-state index in [1.54, 1.807) is 24.3 Å². The van der Waals surface area contributed by atoms with Crippen molar-refractivity contribution in [2.45, 2.75) is 6.42 Å². The standard InChI is InChI=1S/C10H8N2O3/c11-4-3-10(13)12-7-1-2-8-9(5-7)15-6-14-8/h1-2,5H,3,6H2,(H,12,13). The number of fused-ring (bicyclic) bond motifs is 1. The minimum absolute atomic E-state index is 0.158. The Morgan fingerprint density at radius 2 is 2.27 bits per heavy atom. The van der Waals surface area contributed by atoms with Gasteiger partial charge in [-0.05, 0) is 12.1 Å². The molecule has 1 amide bonds. The summed E-state index contributed by atoms with van der Waals surface area (Å²) in [6.07, 6.45) is -0.158. The average Bonchev–Trinajstić information content (AvgIpc) is 2.65. The minimum Gasteiger partial charge on any atom is -0.454 e. The Bertz CT molecular complexity index is 437. The van der Waals surface area contributed by atoms with Crippen molar-refractivity contribution in [1.82, 2.24) is 0 Å². The van der Waals surface area contributed by atoms with Crippen molar-refractivity contribution < 1.29 is 14.3 Å². The normalized spacial score (nSPS) is 11.9. The molecular formula is C10H8N2O3. The molecule has 0 bridgehead atoms. The van der Waals surface area contributed by atoms with Crippen LogP contribution in [0.3, 0.4) is 0 Å². The van der Waals surface area contributed by atoms with Gasteiger partial charge in [-0.15, -0.1) is 0 Å². The van der Waals surface area contributed by atoms with E-state index >= 15 is 0 Å². The maximum atomic E-state index is 11.1. The van der Waals surface area contributed by atoms with E-state index in [4.69, 9.17) is 14.7 Å². The van der Waals surface area contributed by atoms with Crippen molar-refractivity contribution in [1.29, 1.82) is 5.26 Å². The van der Waals surface area contributed by atoms with Gasteiger partial charge in [0.1, 0.15) is 6.42 Å². The number of nitrogens with one attached hydrogen (secondary N) is 1. The molecule has 0 aliphatic carbocycles. The fourth-order valence-electron chi connectivity index (χ4n) is 1.25. The van der Waals surface area contributed by atoms with Crippen molar-refractivity contribution in [2.24, 2.45) is 0 Å². The lowest BCUT2D eigenvalue weighted by molar-refractivity contribution is -0.115. The molecule has 15 heavy (non-hydrogen) atoms. The van der Waals surface area contributed by atoms with Crippen LogP contribution in [0.15, 0.2) is 18.2 Å². The van der Waals surface area contributed by atoms with E-state index in [0.29, 0.717) is 17.2 Å². The number of nitriles is 1. The van der Waals surface area contributed by atoms with Gasteiger partial charge in [-0.1, -0.05) is 0 Å². The number of anilines is 1. The fourth-order valence-corrected chi connectivity index (χ4v) is 1.25. The van der Waals surface area contributed by atoms with E-state index < -0.39 is 0 Å². The van der Waals surface area contributed by atoms with Crippen molar-refractivity contribution in [3.63, 3.8) is 0 Å². The van der Waals surface area contributed by atoms with Crippen molar-refractivity contribution in [3.05, 3.63) is 18.2 Å². The van der Waals surface area contributed by atoms with Gasteiger partial charge in [0.2, 0.25) is 12.7 Å². The van der Waals surface area contributed by atoms with Gasteiger partial charge < -0.3 is 14.8 Å². The number of ether oxygens (including phenoxy) is 2. The van der Waals surface area contributed by atoms with Crippen LogP contribution in [0.5, 0.6) is 11.5 Å². The molecule has 0 spiro atoms. The number of nitrogens with zero attached hydrogens (tertiary/aromatic N) is 1. The summed E-state index contributed by atoms with van der Waals surface area (Å²) in [6.45, 7) is 0.199. The second kappa shape index (κ2) is 3.88. The molecule has 0 saturated carbocycles. The summed E-state index contributed by atoms with van der Waals surface area (Å²) in [5.74, 6) is 0.925. The number of hydrogen-bond donors (Lipinski definition) is 1. The molecule has 1 aromatic rings. The summed E-state index contributed by atoms with van der Waals surface area (Å²) in [6, 6.07) is 6.85. The number of hydrogen-bond acceptors (Lipinski definition) is 4. The Morgan fingerprint density at radius 1 is 1.47 bits per heavy atom. The van der Waals surface area contributed by atoms with Crippen LogP contribution >= 0.6 is 0 Å². The molecule has 0 atom stereocenters. The van der Waals surface area contributed by atoms with E-state index in [1.807, 2.05) is 0 Å². The molecule has 1 aliphatic heterocycles. The smallest absolute Gasteiger partial charge is 0.238 e. The van der Waals surface area contributed by atoms with Gasteiger partial charge in [0.05, 0.1) is 6.07 Å². The summed E-state index contributed by atoms with van der Waals surface area (Å²) in [5, 5.41) is 10.9. The third-order valence-corrected chi connectivity index (χ3v) is 1.90. The van der Waals surface area contributed by atoms with Crippen molar-refractivity contribution in [2.75, 3.05) is 12.1 Å². The first-order chi connectivity index (χ1) is 7.29. The summed E-state index contributed by atoms with van der Waals surface area (Å²) < 4.78 is 10.3. The second-order valence-electron chi connectivity index (χ2n) is 2.95. The third kappa shape index (κ3) is 1.99. The Morgan fingerprint density at radius 3 is 3.07 bits per heavy atom. The molecular weight excluding hydrogens is 196 g/mol. The highest BCUT2D eigenvalue weighted by Gasteiger charge is 2.13. The quantitative estimate of drug-likeness (QED) is 0.787. The molecule has 0 radical (unpaired) electrons. The molecule has 0 saturated heterocycles. The number of carbonyl (C=O) groups is 1. The van der Waals surface area contributed by atoms with Crippen LogP contribution in [0, 0.1) is 11.3 Å². The molecule has 0 aromatic heterocycles. The number of benzene rings is 1. The van der Waals surface area contributed by atoms with Gasteiger partial charge in [0, 0.05) is 11.8 Å². The molecule has 0 fully saturated rings. The highest BCUT2D eigenvalue weighted by molar-refractivity contribution is 5.92. The minimum atomic E-state index is -0.337. The first-order valence-corrected chi connectivity index (χ1v) is 4.36. The van der Waals surface area contributed by atoms with E-state index in [1.165, 1.54) is 0 Å². The molecule has 5 heteroatoms. The highest BCUT2D eigenvalue weighted by atomic mass is 16.7. The van der Waals surface area contributed by atoms with Crippen molar-refractivity contribution >= 4 is 11.6 Å². The zero-order valence-electron chi connectivity index (χ0n) is 7.82. The average molecular weight is 204 g/mol. The van der Waals surface area contributed by atoms with Crippen molar-refractivity contribution in [3.8, 4) is 17.6 Å². The maximum absolute atomic E-state index is 11.1. The van der Waals surface area contributed by atoms with Gasteiger partial charge in [-0.3, -0.25) is 4.79 Å². The fraction of sp³-hybridized carbons (Fsp3) is 0.200. The molecule has 5 nitrogen and oxygen atoms in total. The van der Waals surface area contributed by atoms with Crippen LogP contribution in [0.25, 0.3) is 0 Å². The van der Waals surface area contributed by atoms with Crippen LogP contribution in [-0.4, -0.2) is 12.7 Å². The van der Waals surface area contributed by atoms with E-state index in [2.05, 4.69) is 5.32 Å². The van der Waals surface area contributed by atoms with Crippen LogP contribution in [0.4, 0.5) is 5.69 Å². The van der Waals surface area contributed by atoms with Gasteiger partial charge in [-0.25, -0.2) is 0 Å². The zero-order chi connectivity index (χ0) is 10.7. The predicted molar refractivity (Wildman–Crippen MR) is 51.4 cm³/mol. The summed E-state index contributed by atoms with van der Waals surface area (Å²) in [4.78, 5) is 11.1. The van der Waals surface area contributed by atoms with E-state index in [-0.39, 0.29) is 19.1 Å². The highest BCUT2D eigenvalue weighted by Crippen LogP contribution is 2.34. The lowest BCUT2D eigenvalue weighted by Gasteiger charge is -2.03. The molecule has 1 aromatic carbocycles. The third-order valence-electron chi connectivity index (χ3n) is 1.90. The maximum Gasteiger partial charge on any atom is 0.238 e. The Balaban J connectivity index is 2.11. The van der Waals surface area contributed by atoms with Crippen LogP contribution in [-0.2, 0) is 4.79 Å². The largest absolute Gasteiger partial charge is 0.454 e. The lowest BCUT2D eigenvalue weighted by Crippen LogP contribution is -2.09. The van der Waals surface area contributed by atoms with Gasteiger partial charge in [0.15, 0.2) is 11.5 Å². The summed E-state index contributed by atoms with van der Waals surface area (Å²) >= 11 is 0. The Hall–Kier alpha value is -2.22. The Kier molecular flexibility index (Phi) is 2.42. The van der Waals surface area contributed by atoms with Crippen LogP contribution in [0.2, 0.25) is 0 Å². The number of rotatable bonds is 2. The second-order valence-corrected chi connectivity index (χ2v) is 2.95. The lowest BCUT2D eigenvalue weighted by atomic mass is 10.2. The molecule has 76 valence electrons. The number of carbonyl (C=O) groups excluding carboxylic acids is 1. The molecule has 2 rings (SSSR count). The monoisotopic (exact) mass is 204 g/mol. The molecule has 1 heterocycles. The molecule has 0 unspecified atom stereocenters.